The third-order valence-electron chi connectivity index (χ3n) is 10.3. The zero-order chi connectivity index (χ0) is 27.0. The van der Waals surface area contributed by atoms with E-state index >= 15 is 0 Å². The zero-order valence-electron chi connectivity index (χ0n) is 20.9. The van der Waals surface area contributed by atoms with Crippen molar-refractivity contribution in [2.75, 3.05) is 5.32 Å². The maximum absolute atomic E-state index is 13.6. The van der Waals surface area contributed by atoms with Gasteiger partial charge in [-0.25, -0.2) is 0 Å². The molecule has 3 saturated carbocycles. The Hall–Kier alpha value is -2.26. The van der Waals surface area contributed by atoms with Crippen LogP contribution in [0.5, 0.6) is 0 Å². The van der Waals surface area contributed by atoms with Gasteiger partial charge in [-0.1, -0.05) is 13.8 Å². The Morgan fingerprint density at radius 2 is 1.62 bits per heavy atom. The van der Waals surface area contributed by atoms with E-state index in [2.05, 4.69) is 17.6 Å². The summed E-state index contributed by atoms with van der Waals surface area (Å²) in [4.78, 5) is 25.4. The van der Waals surface area contributed by atoms with E-state index < -0.39 is 46.4 Å². The van der Waals surface area contributed by atoms with Crippen LogP contribution < -0.4 is 10.6 Å². The van der Waals surface area contributed by atoms with Crippen LogP contribution in [-0.2, 0) is 21.9 Å². The third kappa shape index (κ3) is 4.32. The Kier molecular flexibility index (Phi) is 6.15. The minimum atomic E-state index is -4.91. The first-order chi connectivity index (χ1) is 17.1. The van der Waals surface area contributed by atoms with E-state index in [0.29, 0.717) is 42.9 Å². The molecule has 0 radical (unpaired) electrons. The van der Waals surface area contributed by atoms with Crippen LogP contribution in [0.25, 0.3) is 0 Å². The summed E-state index contributed by atoms with van der Waals surface area (Å²) in [5, 5.41) is 5.43. The maximum Gasteiger partial charge on any atom is 0.418 e. The van der Waals surface area contributed by atoms with Crippen molar-refractivity contribution in [3.63, 3.8) is 0 Å². The van der Waals surface area contributed by atoms with Gasteiger partial charge in [0.15, 0.2) is 0 Å². The van der Waals surface area contributed by atoms with Gasteiger partial charge in [0.05, 0.1) is 16.8 Å². The molecule has 0 bridgehead atoms. The maximum atomic E-state index is 13.6. The summed E-state index contributed by atoms with van der Waals surface area (Å²) in [5.74, 6) is -0.170. The van der Waals surface area contributed by atoms with E-state index in [1.807, 2.05) is 6.92 Å². The molecule has 3 aliphatic carbocycles. The largest absolute Gasteiger partial charge is 0.418 e. The van der Waals surface area contributed by atoms with Gasteiger partial charge in [0, 0.05) is 18.4 Å². The Morgan fingerprint density at radius 1 is 0.919 bits per heavy atom. The molecule has 204 valence electrons. The molecular formula is C27H32F6N2O2. The van der Waals surface area contributed by atoms with Crippen molar-refractivity contribution in [1.82, 2.24) is 5.32 Å². The van der Waals surface area contributed by atoms with Gasteiger partial charge < -0.3 is 10.6 Å². The van der Waals surface area contributed by atoms with Crippen LogP contribution in [0, 0.1) is 34.5 Å². The van der Waals surface area contributed by atoms with Gasteiger partial charge in [0.1, 0.15) is 0 Å². The first-order valence-electron chi connectivity index (χ1n) is 13.0. The highest BCUT2D eigenvalue weighted by atomic mass is 19.4. The number of hydrogen-bond donors (Lipinski definition) is 2. The molecule has 0 aromatic heterocycles. The smallest absolute Gasteiger partial charge is 0.353 e. The number of alkyl halides is 6. The molecule has 37 heavy (non-hydrogen) atoms. The molecule has 1 aromatic carbocycles. The average Bonchev–Trinajstić information content (AvgIpc) is 3.15. The van der Waals surface area contributed by atoms with Crippen molar-refractivity contribution in [1.29, 1.82) is 0 Å². The van der Waals surface area contributed by atoms with Crippen LogP contribution in [0.4, 0.5) is 32.0 Å². The fourth-order valence-electron chi connectivity index (χ4n) is 8.42. The van der Waals surface area contributed by atoms with Crippen LogP contribution in [0.3, 0.4) is 0 Å². The lowest BCUT2D eigenvalue weighted by molar-refractivity contribution is -0.141. The quantitative estimate of drug-likeness (QED) is 0.413. The lowest BCUT2D eigenvalue weighted by Crippen LogP contribution is -2.61. The van der Waals surface area contributed by atoms with Crippen molar-refractivity contribution >= 4 is 17.5 Å². The summed E-state index contributed by atoms with van der Waals surface area (Å²) in [6, 6.07) is 1.29. The first-order valence-corrected chi connectivity index (χ1v) is 13.0. The first kappa shape index (κ1) is 26.4. The van der Waals surface area contributed by atoms with Crippen molar-refractivity contribution in [2.45, 2.75) is 83.6 Å². The number of hydrogen-bond acceptors (Lipinski definition) is 2. The van der Waals surface area contributed by atoms with Crippen LogP contribution in [0.15, 0.2) is 18.2 Å². The summed E-state index contributed by atoms with van der Waals surface area (Å²) in [6.45, 7) is 4.28. The van der Waals surface area contributed by atoms with Crippen molar-refractivity contribution in [3.8, 4) is 0 Å². The number of nitrogens with one attached hydrogen (secondary N) is 2. The van der Waals surface area contributed by atoms with E-state index in [-0.39, 0.29) is 23.3 Å². The topological polar surface area (TPSA) is 58.2 Å². The van der Waals surface area contributed by atoms with Gasteiger partial charge in [-0.15, -0.1) is 0 Å². The molecule has 7 atom stereocenters. The highest BCUT2D eigenvalue weighted by Crippen LogP contribution is 2.65. The number of halogens is 6. The van der Waals surface area contributed by atoms with Crippen molar-refractivity contribution in [3.05, 3.63) is 29.3 Å². The van der Waals surface area contributed by atoms with E-state index in [0.717, 1.165) is 38.5 Å². The number of carbonyl (C=O) groups excluding carboxylic acids is 2. The Labute approximate surface area is 211 Å². The van der Waals surface area contributed by atoms with Gasteiger partial charge in [0.25, 0.3) is 0 Å². The predicted octanol–water partition coefficient (Wildman–Crippen LogP) is 6.80. The lowest BCUT2D eigenvalue weighted by atomic mass is 9.47. The highest BCUT2D eigenvalue weighted by molar-refractivity contribution is 5.94. The standard InChI is InChI=1S/C27H32F6N2O2/c1-24-11-9-17-15(4-8-21-25(17,2)12-10-22(36)35-21)16(24)6-7-19(24)23(37)34-20-13-14(26(28,29)30)3-5-18(20)27(31,32)33/h3,5,13,15-17,19,21H,4,6-12H2,1-2H3,(H,34,37)(H,35,36)/t15-,16-,17-,19+,21?,24-,25+/m0/s1. The van der Waals surface area contributed by atoms with Crippen LogP contribution in [0.1, 0.15) is 76.3 Å². The predicted molar refractivity (Wildman–Crippen MR) is 124 cm³/mol. The molecule has 2 N–H and O–H groups in total. The minimum Gasteiger partial charge on any atom is -0.353 e. The third-order valence-corrected chi connectivity index (χ3v) is 10.3. The van der Waals surface area contributed by atoms with Gasteiger partial charge >= 0.3 is 12.4 Å². The number of fused-ring (bicyclic) bond motifs is 5. The molecule has 2 amide bonds. The molecule has 10 heteroatoms. The molecule has 1 aromatic rings. The van der Waals surface area contributed by atoms with Crippen LogP contribution >= 0.6 is 0 Å². The second-order valence-electron chi connectivity index (χ2n) is 12.0. The molecule has 4 nitrogen and oxygen atoms in total. The number of amides is 2. The summed E-state index contributed by atoms with van der Waals surface area (Å²) in [7, 11) is 0. The Morgan fingerprint density at radius 3 is 2.30 bits per heavy atom. The SMILES string of the molecule is C[C@]12CC[C@H]3[C@@H](CCC4NC(=O)CC[C@@]43C)[C@@H]1CC[C@@H]2C(=O)Nc1cc(C(F)(F)F)ccc1C(F)(F)F. The molecule has 0 spiro atoms. The number of piperidine rings is 1. The Bertz CT molecular complexity index is 1100. The van der Waals surface area contributed by atoms with Crippen LogP contribution in [-0.4, -0.2) is 17.9 Å². The summed E-state index contributed by atoms with van der Waals surface area (Å²) < 4.78 is 80.4. The van der Waals surface area contributed by atoms with E-state index in [4.69, 9.17) is 0 Å². The molecular weight excluding hydrogens is 498 g/mol. The van der Waals surface area contributed by atoms with Gasteiger partial charge in [-0.3, -0.25) is 9.59 Å². The van der Waals surface area contributed by atoms with Crippen molar-refractivity contribution < 1.29 is 35.9 Å². The monoisotopic (exact) mass is 530 g/mol. The second-order valence-corrected chi connectivity index (χ2v) is 12.0. The second kappa shape index (κ2) is 8.63. The minimum absolute atomic E-state index is 0.0157. The fourth-order valence-corrected chi connectivity index (χ4v) is 8.42. The number of benzene rings is 1. The average molecular weight is 531 g/mol. The van der Waals surface area contributed by atoms with E-state index in [1.54, 1.807) is 0 Å². The Balaban J connectivity index is 1.39. The van der Waals surface area contributed by atoms with Gasteiger partial charge in [0.2, 0.25) is 11.8 Å². The van der Waals surface area contributed by atoms with Crippen molar-refractivity contribution in [2.24, 2.45) is 34.5 Å². The molecule has 5 rings (SSSR count). The zero-order valence-corrected chi connectivity index (χ0v) is 20.9. The molecule has 1 heterocycles. The molecule has 1 saturated heterocycles. The number of carbonyl (C=O) groups is 2. The van der Waals surface area contributed by atoms with Gasteiger partial charge in [-0.05, 0) is 91.7 Å². The highest BCUT2D eigenvalue weighted by Gasteiger charge is 2.61. The summed E-state index contributed by atoms with van der Waals surface area (Å²) in [6.07, 6.45) is -3.78. The number of rotatable bonds is 2. The summed E-state index contributed by atoms with van der Waals surface area (Å²) in [5.41, 5.74) is -3.83. The fraction of sp³-hybridized carbons (Fsp3) is 0.704. The van der Waals surface area contributed by atoms with Gasteiger partial charge in [-0.2, -0.15) is 26.3 Å². The molecule has 1 unspecified atom stereocenters. The normalized spacial score (nSPS) is 37.7. The van der Waals surface area contributed by atoms with Crippen LogP contribution in [0.2, 0.25) is 0 Å². The molecule has 4 aliphatic rings. The van der Waals surface area contributed by atoms with E-state index in [1.165, 1.54) is 0 Å². The van der Waals surface area contributed by atoms with E-state index in [9.17, 15) is 35.9 Å². The molecule has 1 aliphatic heterocycles. The summed E-state index contributed by atoms with van der Waals surface area (Å²) >= 11 is 0. The molecule has 4 fully saturated rings. The number of anilines is 1. The lowest BCUT2D eigenvalue weighted by Gasteiger charge is -2.60.